The molecule has 0 aromatic carbocycles. The Labute approximate surface area is 108 Å². The molecule has 2 N–H and O–H groups in total. The first-order chi connectivity index (χ1) is 8.38. The average molecular weight is 278 g/mol. The molecule has 1 saturated heterocycles. The number of carbonyl (C=O) groups excluding carboxylic acids is 1. The molecule has 1 fully saturated rings. The van der Waals surface area contributed by atoms with Crippen LogP contribution in [0.1, 0.15) is 19.8 Å². The molecule has 7 heteroatoms. The molecule has 0 aromatic heterocycles. The van der Waals surface area contributed by atoms with Gasteiger partial charge in [0.2, 0.25) is 5.91 Å². The maximum Gasteiger partial charge on any atom is 0.237 e. The average Bonchev–Trinajstić information content (AvgIpc) is 2.72. The maximum atomic E-state index is 12.1. The Balaban J connectivity index is 2.57. The largest absolute Gasteiger partial charge is 0.377 e. The number of hydrogen-bond acceptors (Lipinski definition) is 5. The molecule has 6 nitrogen and oxygen atoms in total. The van der Waals surface area contributed by atoms with Crippen LogP contribution in [0.15, 0.2) is 0 Å². The summed E-state index contributed by atoms with van der Waals surface area (Å²) in [6, 6.07) is 0. The minimum atomic E-state index is -3.43. The Morgan fingerprint density at radius 2 is 2.17 bits per heavy atom. The van der Waals surface area contributed by atoms with Crippen LogP contribution in [0, 0.1) is 0 Å². The van der Waals surface area contributed by atoms with Crippen molar-refractivity contribution in [2.75, 3.05) is 32.5 Å². The molecule has 1 aliphatic heterocycles. The molecular formula is C11H22N2O4S. The monoisotopic (exact) mass is 278 g/mol. The molecule has 0 aliphatic carbocycles. The minimum Gasteiger partial charge on any atom is -0.377 e. The van der Waals surface area contributed by atoms with Gasteiger partial charge in [0.25, 0.3) is 0 Å². The summed E-state index contributed by atoms with van der Waals surface area (Å²) in [7, 11) is -1.83. The van der Waals surface area contributed by atoms with Crippen molar-refractivity contribution in [3.63, 3.8) is 0 Å². The SMILES string of the molecule is CC1OCCC1S(=O)(=O)CC(=O)N(C)CCCN. The van der Waals surface area contributed by atoms with Crippen LogP contribution in [0.4, 0.5) is 0 Å². The Morgan fingerprint density at radius 3 is 2.67 bits per heavy atom. The zero-order chi connectivity index (χ0) is 13.8. The lowest BCUT2D eigenvalue weighted by molar-refractivity contribution is -0.127. The van der Waals surface area contributed by atoms with Crippen molar-refractivity contribution in [3.8, 4) is 0 Å². The zero-order valence-electron chi connectivity index (χ0n) is 11.0. The van der Waals surface area contributed by atoms with Gasteiger partial charge in [-0.3, -0.25) is 4.79 Å². The first-order valence-corrected chi connectivity index (χ1v) is 7.87. The number of sulfone groups is 1. The highest BCUT2D eigenvalue weighted by Crippen LogP contribution is 2.21. The van der Waals surface area contributed by atoms with Crippen molar-refractivity contribution in [2.24, 2.45) is 5.73 Å². The summed E-state index contributed by atoms with van der Waals surface area (Å²) in [6.07, 6.45) is 0.825. The van der Waals surface area contributed by atoms with Crippen molar-refractivity contribution in [1.82, 2.24) is 4.90 Å². The highest BCUT2D eigenvalue weighted by atomic mass is 32.2. The second-order valence-electron chi connectivity index (χ2n) is 4.67. The lowest BCUT2D eigenvalue weighted by Gasteiger charge is -2.19. The molecule has 18 heavy (non-hydrogen) atoms. The molecule has 0 spiro atoms. The van der Waals surface area contributed by atoms with Gasteiger partial charge in [-0.2, -0.15) is 0 Å². The molecule has 0 aromatic rings. The molecule has 106 valence electrons. The number of nitrogens with zero attached hydrogens (tertiary/aromatic N) is 1. The van der Waals surface area contributed by atoms with Crippen LogP contribution in [0.25, 0.3) is 0 Å². The van der Waals surface area contributed by atoms with Crippen LogP contribution in [-0.2, 0) is 19.4 Å². The summed E-state index contributed by atoms with van der Waals surface area (Å²) < 4.78 is 29.4. The van der Waals surface area contributed by atoms with Crippen molar-refractivity contribution in [1.29, 1.82) is 0 Å². The standard InChI is InChI=1S/C11H22N2O4S/c1-9-10(4-7-17-9)18(15,16)8-11(14)13(2)6-3-5-12/h9-10H,3-8,12H2,1-2H3. The maximum absolute atomic E-state index is 12.1. The van der Waals surface area contributed by atoms with E-state index in [1.54, 1.807) is 14.0 Å². The van der Waals surface area contributed by atoms with Gasteiger partial charge in [-0.15, -0.1) is 0 Å². The number of amides is 1. The van der Waals surface area contributed by atoms with Crippen LogP contribution < -0.4 is 5.73 Å². The lowest BCUT2D eigenvalue weighted by Crippen LogP contribution is -2.39. The zero-order valence-corrected chi connectivity index (χ0v) is 11.8. The van der Waals surface area contributed by atoms with Crippen LogP contribution in [0.2, 0.25) is 0 Å². The molecule has 1 aliphatic rings. The Bertz CT molecular complexity index is 383. The van der Waals surface area contributed by atoms with Gasteiger partial charge in [0.15, 0.2) is 9.84 Å². The molecule has 1 amide bonds. The van der Waals surface area contributed by atoms with Crippen molar-refractivity contribution >= 4 is 15.7 Å². The number of nitrogens with two attached hydrogens (primary N) is 1. The van der Waals surface area contributed by atoms with Crippen molar-refractivity contribution in [2.45, 2.75) is 31.1 Å². The second-order valence-corrected chi connectivity index (χ2v) is 6.89. The third-order valence-corrected chi connectivity index (χ3v) is 5.41. The number of rotatable bonds is 6. The Hall–Kier alpha value is -0.660. The van der Waals surface area contributed by atoms with Gasteiger partial charge in [-0.05, 0) is 26.3 Å². The number of hydrogen-bond donors (Lipinski definition) is 1. The Morgan fingerprint density at radius 1 is 1.50 bits per heavy atom. The van der Waals surface area contributed by atoms with Gasteiger partial charge in [-0.25, -0.2) is 8.42 Å². The van der Waals surface area contributed by atoms with E-state index in [9.17, 15) is 13.2 Å². The summed E-state index contributed by atoms with van der Waals surface area (Å²) in [5.41, 5.74) is 5.35. The van der Waals surface area contributed by atoms with Crippen LogP contribution in [0.3, 0.4) is 0 Å². The second kappa shape index (κ2) is 6.49. The molecular weight excluding hydrogens is 256 g/mol. The van der Waals surface area contributed by atoms with Gasteiger partial charge in [0.05, 0.1) is 11.4 Å². The van der Waals surface area contributed by atoms with Crippen LogP contribution in [-0.4, -0.2) is 63.1 Å². The molecule has 0 bridgehead atoms. The lowest BCUT2D eigenvalue weighted by atomic mass is 10.3. The summed E-state index contributed by atoms with van der Waals surface area (Å²) in [5.74, 6) is -0.811. The summed E-state index contributed by atoms with van der Waals surface area (Å²) in [4.78, 5) is 13.2. The van der Waals surface area contributed by atoms with E-state index in [1.165, 1.54) is 4.90 Å². The van der Waals surface area contributed by atoms with Gasteiger partial charge < -0.3 is 15.4 Å². The van der Waals surface area contributed by atoms with Crippen molar-refractivity contribution in [3.05, 3.63) is 0 Å². The van der Waals surface area contributed by atoms with E-state index in [4.69, 9.17) is 10.5 Å². The van der Waals surface area contributed by atoms with Gasteiger partial charge in [-0.1, -0.05) is 0 Å². The molecule has 1 heterocycles. The number of ether oxygens (including phenoxy) is 1. The quantitative estimate of drug-likeness (QED) is 0.700. The third kappa shape index (κ3) is 3.93. The normalized spacial score (nSPS) is 24.2. The molecule has 0 radical (unpaired) electrons. The first-order valence-electron chi connectivity index (χ1n) is 6.15. The van der Waals surface area contributed by atoms with Crippen molar-refractivity contribution < 1.29 is 17.9 Å². The van der Waals surface area contributed by atoms with Gasteiger partial charge >= 0.3 is 0 Å². The highest BCUT2D eigenvalue weighted by molar-refractivity contribution is 7.92. The fraction of sp³-hybridized carbons (Fsp3) is 0.909. The van der Waals surface area contributed by atoms with Gasteiger partial charge in [0.1, 0.15) is 5.75 Å². The third-order valence-electron chi connectivity index (χ3n) is 3.22. The van der Waals surface area contributed by atoms with Gasteiger partial charge in [0, 0.05) is 20.2 Å². The predicted molar refractivity (Wildman–Crippen MR) is 68.9 cm³/mol. The van der Waals surface area contributed by atoms with Crippen LogP contribution >= 0.6 is 0 Å². The van der Waals surface area contributed by atoms with Crippen LogP contribution in [0.5, 0.6) is 0 Å². The van der Waals surface area contributed by atoms with E-state index in [0.29, 0.717) is 32.5 Å². The summed E-state index contributed by atoms with van der Waals surface area (Å²) in [6.45, 7) is 3.15. The van der Waals surface area contributed by atoms with E-state index < -0.39 is 20.8 Å². The fourth-order valence-corrected chi connectivity index (χ4v) is 3.92. The molecule has 2 unspecified atom stereocenters. The minimum absolute atomic E-state index is 0.322. The summed E-state index contributed by atoms with van der Waals surface area (Å²) in [5, 5.41) is -0.552. The fourth-order valence-electron chi connectivity index (χ4n) is 2.03. The molecule has 1 rings (SSSR count). The Kier molecular flexibility index (Phi) is 5.55. The number of carbonyl (C=O) groups is 1. The summed E-state index contributed by atoms with van der Waals surface area (Å²) >= 11 is 0. The van der Waals surface area contributed by atoms with E-state index in [1.807, 2.05) is 0 Å². The smallest absolute Gasteiger partial charge is 0.237 e. The highest BCUT2D eigenvalue weighted by Gasteiger charge is 2.37. The molecule has 2 atom stereocenters. The van der Waals surface area contributed by atoms with E-state index in [2.05, 4.69) is 0 Å². The topological polar surface area (TPSA) is 89.7 Å². The van der Waals surface area contributed by atoms with E-state index >= 15 is 0 Å². The van der Waals surface area contributed by atoms with E-state index in [-0.39, 0.29) is 12.0 Å². The van der Waals surface area contributed by atoms with E-state index in [0.717, 1.165) is 0 Å². The first kappa shape index (κ1) is 15.4. The molecule has 0 saturated carbocycles. The predicted octanol–water partition coefficient (Wildman–Crippen LogP) is -0.614.